The van der Waals surface area contributed by atoms with E-state index in [9.17, 15) is 5.11 Å². The van der Waals surface area contributed by atoms with Crippen LogP contribution in [0.4, 0.5) is 5.69 Å². The summed E-state index contributed by atoms with van der Waals surface area (Å²) in [6, 6.07) is 5.73. The van der Waals surface area contributed by atoms with Gasteiger partial charge in [-0.2, -0.15) is 0 Å². The van der Waals surface area contributed by atoms with Crippen molar-refractivity contribution >= 4 is 16.7 Å². The first-order valence-electron chi connectivity index (χ1n) is 6.23. The average molecular weight is 247 g/mol. The lowest BCUT2D eigenvalue weighted by molar-refractivity contribution is 0.235. The number of hydrogen-bond acceptors (Lipinski definition) is 3. The first kappa shape index (κ1) is 12.9. The van der Waals surface area contributed by atoms with E-state index in [1.165, 1.54) is 0 Å². The second kappa shape index (κ2) is 4.28. The number of anilines is 1. The Labute approximate surface area is 107 Å². The number of aliphatic hydroxyl groups excluding tert-OH is 1. The minimum atomic E-state index is -0.0722. The molecular formula is C14H21N3O. The van der Waals surface area contributed by atoms with Crippen LogP contribution in [0.2, 0.25) is 0 Å². The molecule has 0 spiro atoms. The third-order valence-electron chi connectivity index (χ3n) is 3.09. The Bertz CT molecular complexity index is 566. The van der Waals surface area contributed by atoms with E-state index in [1.54, 1.807) is 0 Å². The standard InChI is InChI=1S/C14H21N3O/c1-9(8-18)17-12-6-5-10(15)7-11(12)16-13(17)14(2,3)4/h5-7,9,18H,8,15H2,1-4H3. The largest absolute Gasteiger partial charge is 0.399 e. The predicted molar refractivity (Wildman–Crippen MR) is 74.6 cm³/mol. The molecule has 0 saturated carbocycles. The minimum absolute atomic E-state index is 0.00727. The molecule has 2 aromatic rings. The third kappa shape index (κ3) is 2.08. The lowest BCUT2D eigenvalue weighted by Crippen LogP contribution is -2.22. The maximum absolute atomic E-state index is 9.44. The molecule has 4 nitrogen and oxygen atoms in total. The Morgan fingerprint density at radius 1 is 1.39 bits per heavy atom. The van der Waals surface area contributed by atoms with Crippen molar-refractivity contribution in [2.45, 2.75) is 39.2 Å². The Morgan fingerprint density at radius 2 is 2.06 bits per heavy atom. The molecule has 1 heterocycles. The summed E-state index contributed by atoms with van der Waals surface area (Å²) < 4.78 is 2.11. The first-order valence-corrected chi connectivity index (χ1v) is 6.23. The van der Waals surface area contributed by atoms with Crippen LogP contribution in [-0.4, -0.2) is 21.3 Å². The van der Waals surface area contributed by atoms with Gasteiger partial charge in [-0.25, -0.2) is 4.98 Å². The summed E-state index contributed by atoms with van der Waals surface area (Å²) in [4.78, 5) is 4.69. The van der Waals surface area contributed by atoms with Gasteiger partial charge in [0.25, 0.3) is 0 Å². The predicted octanol–water partition coefficient (Wildman–Crippen LogP) is 2.47. The van der Waals surface area contributed by atoms with E-state index in [0.29, 0.717) is 5.69 Å². The number of aromatic nitrogens is 2. The molecule has 0 aliphatic rings. The summed E-state index contributed by atoms with van der Waals surface area (Å²) in [5.74, 6) is 0.977. The number of nitrogen functional groups attached to an aromatic ring is 1. The lowest BCUT2D eigenvalue weighted by atomic mass is 9.95. The summed E-state index contributed by atoms with van der Waals surface area (Å²) in [6.45, 7) is 8.46. The zero-order chi connectivity index (χ0) is 13.5. The van der Waals surface area contributed by atoms with E-state index in [0.717, 1.165) is 16.9 Å². The van der Waals surface area contributed by atoms with Gasteiger partial charge < -0.3 is 15.4 Å². The smallest absolute Gasteiger partial charge is 0.115 e. The first-order chi connectivity index (χ1) is 8.34. The van der Waals surface area contributed by atoms with Crippen molar-refractivity contribution in [3.8, 4) is 0 Å². The Hall–Kier alpha value is -1.55. The molecule has 18 heavy (non-hydrogen) atoms. The molecule has 2 rings (SSSR count). The van der Waals surface area contributed by atoms with Crippen LogP contribution in [0.25, 0.3) is 11.0 Å². The Kier molecular flexibility index (Phi) is 3.07. The van der Waals surface area contributed by atoms with Crippen LogP contribution in [0.5, 0.6) is 0 Å². The Morgan fingerprint density at radius 3 is 2.61 bits per heavy atom. The van der Waals surface area contributed by atoms with Gasteiger partial charge in [-0.1, -0.05) is 20.8 Å². The number of rotatable bonds is 2. The molecular weight excluding hydrogens is 226 g/mol. The summed E-state index contributed by atoms with van der Waals surface area (Å²) in [5, 5.41) is 9.44. The van der Waals surface area contributed by atoms with Gasteiger partial charge in [-0.3, -0.25) is 0 Å². The van der Waals surface area contributed by atoms with Gasteiger partial charge in [0.1, 0.15) is 5.82 Å². The van der Waals surface area contributed by atoms with Crippen molar-refractivity contribution in [1.82, 2.24) is 9.55 Å². The van der Waals surface area contributed by atoms with Crippen molar-refractivity contribution in [3.05, 3.63) is 24.0 Å². The summed E-state index contributed by atoms with van der Waals surface area (Å²) in [7, 11) is 0. The highest BCUT2D eigenvalue weighted by molar-refractivity contribution is 5.80. The molecule has 4 heteroatoms. The highest BCUT2D eigenvalue weighted by atomic mass is 16.3. The molecule has 3 N–H and O–H groups in total. The van der Waals surface area contributed by atoms with E-state index < -0.39 is 0 Å². The third-order valence-corrected chi connectivity index (χ3v) is 3.09. The van der Waals surface area contributed by atoms with Crippen LogP contribution < -0.4 is 5.73 Å². The van der Waals surface area contributed by atoms with Gasteiger partial charge in [0.2, 0.25) is 0 Å². The summed E-state index contributed by atoms with van der Waals surface area (Å²) in [6.07, 6.45) is 0. The number of benzene rings is 1. The van der Waals surface area contributed by atoms with Gasteiger partial charge in [0, 0.05) is 11.1 Å². The van der Waals surface area contributed by atoms with Crippen LogP contribution in [0.1, 0.15) is 39.6 Å². The molecule has 1 atom stereocenters. The average Bonchev–Trinajstić information content (AvgIpc) is 2.66. The second-order valence-corrected chi connectivity index (χ2v) is 5.84. The monoisotopic (exact) mass is 247 g/mol. The van der Waals surface area contributed by atoms with Gasteiger partial charge >= 0.3 is 0 Å². The maximum atomic E-state index is 9.44. The van der Waals surface area contributed by atoms with Gasteiger partial charge in [0.15, 0.2) is 0 Å². The fourth-order valence-corrected chi connectivity index (χ4v) is 2.17. The van der Waals surface area contributed by atoms with Crippen molar-refractivity contribution in [3.63, 3.8) is 0 Å². The molecule has 0 fully saturated rings. The zero-order valence-electron chi connectivity index (χ0n) is 11.4. The second-order valence-electron chi connectivity index (χ2n) is 5.84. The minimum Gasteiger partial charge on any atom is -0.399 e. The topological polar surface area (TPSA) is 64.1 Å². The fraction of sp³-hybridized carbons (Fsp3) is 0.500. The number of nitrogens with zero attached hydrogens (tertiary/aromatic N) is 2. The van der Waals surface area contributed by atoms with Crippen molar-refractivity contribution in [2.24, 2.45) is 0 Å². The molecule has 0 saturated heterocycles. The van der Waals surface area contributed by atoms with Crippen molar-refractivity contribution in [2.75, 3.05) is 12.3 Å². The molecule has 0 aliphatic carbocycles. The van der Waals surface area contributed by atoms with Gasteiger partial charge in [0.05, 0.1) is 23.7 Å². The van der Waals surface area contributed by atoms with E-state index in [-0.39, 0.29) is 18.1 Å². The molecule has 98 valence electrons. The highest BCUT2D eigenvalue weighted by Crippen LogP contribution is 2.30. The fourth-order valence-electron chi connectivity index (χ4n) is 2.17. The van der Waals surface area contributed by atoms with Crippen LogP contribution >= 0.6 is 0 Å². The normalized spacial score (nSPS) is 14.1. The van der Waals surface area contributed by atoms with Crippen LogP contribution in [-0.2, 0) is 5.41 Å². The van der Waals surface area contributed by atoms with Crippen molar-refractivity contribution in [1.29, 1.82) is 0 Å². The van der Waals surface area contributed by atoms with Gasteiger partial charge in [-0.15, -0.1) is 0 Å². The van der Waals surface area contributed by atoms with Gasteiger partial charge in [-0.05, 0) is 25.1 Å². The molecule has 1 aromatic heterocycles. The highest BCUT2D eigenvalue weighted by Gasteiger charge is 2.25. The number of nitrogens with two attached hydrogens (primary N) is 1. The van der Waals surface area contributed by atoms with Crippen LogP contribution in [0, 0.1) is 0 Å². The van der Waals surface area contributed by atoms with Crippen LogP contribution in [0.3, 0.4) is 0 Å². The molecule has 0 bridgehead atoms. The number of imidazole rings is 1. The molecule has 0 amide bonds. The lowest BCUT2D eigenvalue weighted by Gasteiger charge is -2.23. The van der Waals surface area contributed by atoms with E-state index >= 15 is 0 Å². The quantitative estimate of drug-likeness (QED) is 0.801. The SMILES string of the molecule is CC(CO)n1c(C(C)(C)C)nc2cc(N)ccc21. The zero-order valence-corrected chi connectivity index (χ0v) is 11.4. The summed E-state index contributed by atoms with van der Waals surface area (Å²) >= 11 is 0. The number of aliphatic hydroxyl groups is 1. The maximum Gasteiger partial charge on any atom is 0.115 e. The summed E-state index contributed by atoms with van der Waals surface area (Å²) in [5.41, 5.74) is 8.36. The van der Waals surface area contributed by atoms with Crippen molar-refractivity contribution < 1.29 is 5.11 Å². The molecule has 0 aliphatic heterocycles. The van der Waals surface area contributed by atoms with Crippen LogP contribution in [0.15, 0.2) is 18.2 Å². The molecule has 1 aromatic carbocycles. The van der Waals surface area contributed by atoms with E-state index in [4.69, 9.17) is 5.73 Å². The number of hydrogen-bond donors (Lipinski definition) is 2. The Balaban J connectivity index is 2.76. The molecule has 0 radical (unpaired) electrons. The van der Waals surface area contributed by atoms with E-state index in [1.807, 2.05) is 25.1 Å². The molecule has 1 unspecified atom stereocenters. The number of fused-ring (bicyclic) bond motifs is 1. The van der Waals surface area contributed by atoms with E-state index in [2.05, 4.69) is 30.3 Å².